The van der Waals surface area contributed by atoms with Gasteiger partial charge in [-0.25, -0.2) is 0 Å². The number of phenols is 1. The smallest absolute Gasteiger partial charge is 0.185 e. The quantitative estimate of drug-likeness (QED) is 0.566. The first-order chi connectivity index (χ1) is 10.2. The number of benzene rings is 3. The molecule has 0 spiro atoms. The third-order valence-electron chi connectivity index (χ3n) is 3.37. The molecular weight excluding hydrogens is 260 g/mol. The van der Waals surface area contributed by atoms with Gasteiger partial charge in [-0.2, -0.15) is 0 Å². The summed E-state index contributed by atoms with van der Waals surface area (Å²) in [6.07, 6.45) is 3.35. The van der Waals surface area contributed by atoms with Crippen LogP contribution in [0, 0.1) is 0 Å². The highest BCUT2D eigenvalue weighted by Gasteiger charge is 2.03. The summed E-state index contributed by atoms with van der Waals surface area (Å²) < 4.78 is 0. The van der Waals surface area contributed by atoms with E-state index in [1.54, 1.807) is 18.2 Å². The zero-order valence-electron chi connectivity index (χ0n) is 11.4. The van der Waals surface area contributed by atoms with Gasteiger partial charge in [-0.15, -0.1) is 0 Å². The molecule has 0 saturated carbocycles. The summed E-state index contributed by atoms with van der Waals surface area (Å²) in [5.74, 6) is -0.0294. The fourth-order valence-corrected chi connectivity index (χ4v) is 2.32. The number of fused-ring (bicyclic) bond motifs is 1. The third-order valence-corrected chi connectivity index (χ3v) is 3.37. The molecule has 1 N–H and O–H groups in total. The van der Waals surface area contributed by atoms with E-state index in [2.05, 4.69) is 0 Å². The Morgan fingerprint density at radius 2 is 1.67 bits per heavy atom. The molecule has 0 unspecified atom stereocenters. The first-order valence-corrected chi connectivity index (χ1v) is 6.73. The Morgan fingerprint density at radius 3 is 2.52 bits per heavy atom. The van der Waals surface area contributed by atoms with E-state index >= 15 is 0 Å². The fourth-order valence-electron chi connectivity index (χ4n) is 2.32. The summed E-state index contributed by atoms with van der Waals surface area (Å²) in [6, 6.07) is 20.4. The van der Waals surface area contributed by atoms with Crippen LogP contribution in [-0.4, -0.2) is 10.9 Å². The predicted molar refractivity (Wildman–Crippen MR) is 85.4 cm³/mol. The minimum Gasteiger partial charge on any atom is -0.508 e. The number of phenolic OH excluding ortho intramolecular Hbond substituents is 1. The first-order valence-electron chi connectivity index (χ1n) is 6.73. The second-order valence-corrected chi connectivity index (χ2v) is 4.82. The highest BCUT2D eigenvalue weighted by molar-refractivity contribution is 6.08. The molecule has 0 atom stereocenters. The minimum absolute atomic E-state index is 0.0967. The van der Waals surface area contributed by atoms with Crippen molar-refractivity contribution in [3.05, 3.63) is 83.9 Å². The minimum atomic E-state index is -0.126. The highest BCUT2D eigenvalue weighted by atomic mass is 16.3. The van der Waals surface area contributed by atoms with Crippen LogP contribution in [0.25, 0.3) is 16.8 Å². The molecule has 0 aromatic heterocycles. The van der Waals surface area contributed by atoms with Crippen LogP contribution in [0.5, 0.6) is 5.75 Å². The van der Waals surface area contributed by atoms with Crippen LogP contribution in [0.1, 0.15) is 15.9 Å². The first kappa shape index (κ1) is 13.1. The van der Waals surface area contributed by atoms with Crippen molar-refractivity contribution in [1.29, 1.82) is 0 Å². The Balaban J connectivity index is 1.93. The van der Waals surface area contributed by atoms with Crippen LogP contribution < -0.4 is 0 Å². The van der Waals surface area contributed by atoms with E-state index in [0.29, 0.717) is 5.56 Å². The van der Waals surface area contributed by atoms with Gasteiger partial charge in [0, 0.05) is 5.56 Å². The van der Waals surface area contributed by atoms with Crippen molar-refractivity contribution in [3.63, 3.8) is 0 Å². The molecule has 0 aliphatic heterocycles. The Morgan fingerprint density at radius 1 is 0.905 bits per heavy atom. The topological polar surface area (TPSA) is 37.3 Å². The number of carbonyl (C=O) groups is 1. The molecular formula is C19H14O2. The van der Waals surface area contributed by atoms with E-state index in [1.165, 1.54) is 12.1 Å². The van der Waals surface area contributed by atoms with E-state index in [0.717, 1.165) is 16.3 Å². The molecule has 3 rings (SSSR count). The lowest BCUT2D eigenvalue weighted by atomic mass is 10.0. The number of hydrogen-bond donors (Lipinski definition) is 1. The standard InChI is InChI=1S/C19H14O2/c20-17-9-4-8-16(13-17)19(21)12-11-15-7-3-6-14-5-1-2-10-18(14)15/h1-13,20H/b12-11+. The lowest BCUT2D eigenvalue weighted by Crippen LogP contribution is -1.93. The van der Waals surface area contributed by atoms with Crippen molar-refractivity contribution >= 4 is 22.6 Å². The van der Waals surface area contributed by atoms with E-state index < -0.39 is 0 Å². The van der Waals surface area contributed by atoms with Crippen molar-refractivity contribution in [2.75, 3.05) is 0 Å². The lowest BCUT2D eigenvalue weighted by Gasteiger charge is -2.01. The van der Waals surface area contributed by atoms with Crippen LogP contribution in [0.3, 0.4) is 0 Å². The van der Waals surface area contributed by atoms with Gasteiger partial charge >= 0.3 is 0 Å². The molecule has 3 aromatic rings. The Labute approximate surface area is 123 Å². The molecule has 3 aromatic carbocycles. The van der Waals surface area contributed by atoms with Gasteiger partial charge in [0.25, 0.3) is 0 Å². The zero-order chi connectivity index (χ0) is 14.7. The van der Waals surface area contributed by atoms with Crippen LogP contribution in [0.15, 0.2) is 72.8 Å². The van der Waals surface area contributed by atoms with E-state index in [4.69, 9.17) is 0 Å². The Hall–Kier alpha value is -2.87. The van der Waals surface area contributed by atoms with E-state index in [-0.39, 0.29) is 11.5 Å². The molecule has 0 radical (unpaired) electrons. The van der Waals surface area contributed by atoms with Gasteiger partial charge in [0.05, 0.1) is 0 Å². The SMILES string of the molecule is O=C(/C=C/c1cccc2ccccc12)c1cccc(O)c1. The molecule has 2 heteroatoms. The molecule has 21 heavy (non-hydrogen) atoms. The second kappa shape index (κ2) is 5.63. The number of allylic oxidation sites excluding steroid dienone is 1. The number of ketones is 1. The molecule has 0 bridgehead atoms. The molecule has 0 amide bonds. The number of rotatable bonds is 3. The number of carbonyl (C=O) groups excluding carboxylic acids is 1. The predicted octanol–water partition coefficient (Wildman–Crippen LogP) is 4.44. The summed E-state index contributed by atoms with van der Waals surface area (Å²) in [7, 11) is 0. The summed E-state index contributed by atoms with van der Waals surface area (Å²) in [6.45, 7) is 0. The van der Waals surface area contributed by atoms with Crippen molar-refractivity contribution in [2.45, 2.75) is 0 Å². The molecule has 2 nitrogen and oxygen atoms in total. The summed E-state index contributed by atoms with van der Waals surface area (Å²) in [5.41, 5.74) is 1.48. The van der Waals surface area contributed by atoms with Gasteiger partial charge in [-0.1, -0.05) is 60.7 Å². The molecule has 0 aliphatic rings. The van der Waals surface area contributed by atoms with Crippen LogP contribution >= 0.6 is 0 Å². The molecule has 0 aliphatic carbocycles. The number of aromatic hydroxyl groups is 1. The number of hydrogen-bond acceptors (Lipinski definition) is 2. The summed E-state index contributed by atoms with van der Waals surface area (Å²) in [5, 5.41) is 11.7. The monoisotopic (exact) mass is 274 g/mol. The van der Waals surface area contributed by atoms with Crippen molar-refractivity contribution in [2.24, 2.45) is 0 Å². The van der Waals surface area contributed by atoms with Gasteiger partial charge < -0.3 is 5.11 Å². The average molecular weight is 274 g/mol. The van der Waals surface area contributed by atoms with Gasteiger partial charge in [-0.3, -0.25) is 4.79 Å². The van der Waals surface area contributed by atoms with Gasteiger partial charge in [0.2, 0.25) is 0 Å². The summed E-state index contributed by atoms with van der Waals surface area (Å²) in [4.78, 5) is 12.1. The molecule has 102 valence electrons. The maximum absolute atomic E-state index is 12.1. The molecule has 0 heterocycles. The fraction of sp³-hybridized carbons (Fsp3) is 0. The largest absolute Gasteiger partial charge is 0.508 e. The molecule has 0 fully saturated rings. The maximum Gasteiger partial charge on any atom is 0.185 e. The van der Waals surface area contributed by atoms with Crippen molar-refractivity contribution in [1.82, 2.24) is 0 Å². The highest BCUT2D eigenvalue weighted by Crippen LogP contribution is 2.20. The Kier molecular flexibility index (Phi) is 3.52. The average Bonchev–Trinajstić information content (AvgIpc) is 2.52. The molecule has 0 saturated heterocycles. The van der Waals surface area contributed by atoms with E-state index in [9.17, 15) is 9.90 Å². The van der Waals surface area contributed by atoms with Gasteiger partial charge in [0.15, 0.2) is 5.78 Å². The van der Waals surface area contributed by atoms with Crippen LogP contribution in [0.2, 0.25) is 0 Å². The van der Waals surface area contributed by atoms with Gasteiger partial charge in [0.1, 0.15) is 5.75 Å². The summed E-state index contributed by atoms with van der Waals surface area (Å²) >= 11 is 0. The Bertz CT molecular complexity index is 826. The van der Waals surface area contributed by atoms with Gasteiger partial charge in [-0.05, 0) is 34.5 Å². The van der Waals surface area contributed by atoms with Crippen LogP contribution in [-0.2, 0) is 0 Å². The second-order valence-electron chi connectivity index (χ2n) is 4.82. The van der Waals surface area contributed by atoms with Crippen molar-refractivity contribution in [3.8, 4) is 5.75 Å². The van der Waals surface area contributed by atoms with E-state index in [1.807, 2.05) is 48.5 Å². The normalized spacial score (nSPS) is 11.0. The zero-order valence-corrected chi connectivity index (χ0v) is 11.4. The lowest BCUT2D eigenvalue weighted by molar-refractivity contribution is 0.104. The van der Waals surface area contributed by atoms with Crippen LogP contribution in [0.4, 0.5) is 0 Å². The third kappa shape index (κ3) is 2.84. The maximum atomic E-state index is 12.1. The van der Waals surface area contributed by atoms with Crippen molar-refractivity contribution < 1.29 is 9.90 Å².